The molecule has 0 aliphatic heterocycles. The van der Waals surface area contributed by atoms with E-state index in [1.807, 2.05) is 19.1 Å². The Morgan fingerprint density at radius 2 is 2.29 bits per heavy atom. The molecule has 0 aromatic carbocycles. The van der Waals surface area contributed by atoms with Crippen LogP contribution in [0.4, 0.5) is 0 Å². The smallest absolute Gasteiger partial charge is 0.265 e. The highest BCUT2D eigenvalue weighted by Gasteiger charge is 2.18. The fourth-order valence-electron chi connectivity index (χ4n) is 2.18. The molecule has 2 aromatic heterocycles. The quantitative estimate of drug-likeness (QED) is 0.850. The zero-order chi connectivity index (χ0) is 15.4. The molecule has 0 aliphatic rings. The molecular formula is C15H16N4O2. The van der Waals surface area contributed by atoms with Crippen molar-refractivity contribution in [2.24, 2.45) is 0 Å². The van der Waals surface area contributed by atoms with E-state index in [1.54, 1.807) is 25.4 Å². The minimum Gasteiger partial charge on any atom is -0.341 e. The van der Waals surface area contributed by atoms with E-state index in [9.17, 15) is 9.59 Å². The molecule has 0 atom stereocenters. The zero-order valence-corrected chi connectivity index (χ0v) is 12.0. The van der Waals surface area contributed by atoms with Crippen LogP contribution in [0.2, 0.25) is 0 Å². The monoisotopic (exact) mass is 284 g/mol. The molecular weight excluding hydrogens is 268 g/mol. The predicted octanol–water partition coefficient (Wildman–Crippen LogP) is 1.40. The lowest BCUT2D eigenvalue weighted by molar-refractivity contribution is 0.0796. The van der Waals surface area contributed by atoms with Gasteiger partial charge in [0.25, 0.3) is 11.5 Å². The second-order valence-electron chi connectivity index (χ2n) is 4.66. The van der Waals surface area contributed by atoms with Crippen molar-refractivity contribution in [3.63, 3.8) is 0 Å². The van der Waals surface area contributed by atoms with Crippen LogP contribution >= 0.6 is 0 Å². The van der Waals surface area contributed by atoms with Crippen LogP contribution in [0.5, 0.6) is 0 Å². The molecule has 21 heavy (non-hydrogen) atoms. The van der Waals surface area contributed by atoms with E-state index < -0.39 is 0 Å². The number of pyridine rings is 2. The van der Waals surface area contributed by atoms with Gasteiger partial charge in [0.2, 0.25) is 0 Å². The Kier molecular flexibility index (Phi) is 4.33. The van der Waals surface area contributed by atoms with E-state index in [0.29, 0.717) is 18.7 Å². The number of carbonyl (C=O) groups excluding carboxylic acids is 1. The van der Waals surface area contributed by atoms with Crippen molar-refractivity contribution in [2.45, 2.75) is 19.9 Å². The summed E-state index contributed by atoms with van der Waals surface area (Å²) in [5, 5.41) is 9.33. The maximum absolute atomic E-state index is 12.4. The minimum atomic E-state index is -0.372. The van der Waals surface area contributed by atoms with Gasteiger partial charge in [0.05, 0.1) is 12.5 Å². The standard InChI is InChI=1S/C15H16N4O2/c1-3-19-13-11(6-4-8-17-13)10-12(15(19)21)14(20)18(2)9-5-7-16/h4,6,8,10H,3,5,9H2,1-2H3. The summed E-state index contributed by atoms with van der Waals surface area (Å²) in [6, 6.07) is 7.14. The van der Waals surface area contributed by atoms with E-state index in [0.717, 1.165) is 5.39 Å². The van der Waals surface area contributed by atoms with E-state index in [-0.39, 0.29) is 23.5 Å². The molecule has 1 amide bonds. The summed E-state index contributed by atoms with van der Waals surface area (Å²) in [6.07, 6.45) is 1.85. The summed E-state index contributed by atoms with van der Waals surface area (Å²) in [5.41, 5.74) is 0.330. The highest BCUT2D eigenvalue weighted by Crippen LogP contribution is 2.12. The Balaban J connectivity index is 2.55. The number of hydrogen-bond acceptors (Lipinski definition) is 4. The van der Waals surface area contributed by atoms with Crippen molar-refractivity contribution in [1.82, 2.24) is 14.5 Å². The molecule has 6 heteroatoms. The number of amides is 1. The average molecular weight is 284 g/mol. The third-order valence-electron chi connectivity index (χ3n) is 3.30. The van der Waals surface area contributed by atoms with Gasteiger partial charge in [0.1, 0.15) is 11.2 Å². The summed E-state index contributed by atoms with van der Waals surface area (Å²) >= 11 is 0. The predicted molar refractivity (Wildman–Crippen MR) is 78.9 cm³/mol. The molecule has 0 aliphatic carbocycles. The lowest BCUT2D eigenvalue weighted by atomic mass is 10.1. The first-order valence-corrected chi connectivity index (χ1v) is 6.71. The third-order valence-corrected chi connectivity index (χ3v) is 3.30. The summed E-state index contributed by atoms with van der Waals surface area (Å²) < 4.78 is 1.49. The molecule has 0 saturated heterocycles. The molecule has 0 saturated carbocycles. The minimum absolute atomic E-state index is 0.109. The maximum Gasteiger partial charge on any atom is 0.265 e. The number of rotatable bonds is 4. The van der Waals surface area contributed by atoms with Crippen molar-refractivity contribution in [3.05, 3.63) is 40.3 Å². The van der Waals surface area contributed by atoms with Gasteiger partial charge in [-0.2, -0.15) is 5.26 Å². The number of aromatic nitrogens is 2. The largest absolute Gasteiger partial charge is 0.341 e. The summed E-state index contributed by atoms with van der Waals surface area (Å²) in [6.45, 7) is 2.57. The van der Waals surface area contributed by atoms with Gasteiger partial charge in [-0.1, -0.05) is 0 Å². The summed E-state index contributed by atoms with van der Waals surface area (Å²) in [4.78, 5) is 30.4. The topological polar surface area (TPSA) is 79.0 Å². The Hall–Kier alpha value is -2.68. The molecule has 0 unspecified atom stereocenters. The fourth-order valence-corrected chi connectivity index (χ4v) is 2.18. The van der Waals surface area contributed by atoms with Gasteiger partial charge >= 0.3 is 0 Å². The van der Waals surface area contributed by atoms with Crippen molar-refractivity contribution in [2.75, 3.05) is 13.6 Å². The molecule has 0 radical (unpaired) electrons. The molecule has 0 fully saturated rings. The van der Waals surface area contributed by atoms with Crippen molar-refractivity contribution in [1.29, 1.82) is 5.26 Å². The second kappa shape index (κ2) is 6.18. The van der Waals surface area contributed by atoms with Crippen LogP contribution in [-0.4, -0.2) is 34.0 Å². The molecule has 2 rings (SSSR count). The molecule has 0 N–H and O–H groups in total. The van der Waals surface area contributed by atoms with Crippen molar-refractivity contribution >= 4 is 16.9 Å². The van der Waals surface area contributed by atoms with Crippen LogP contribution in [0.1, 0.15) is 23.7 Å². The number of hydrogen-bond donors (Lipinski definition) is 0. The summed E-state index contributed by atoms with van der Waals surface area (Å²) in [5.74, 6) is -0.372. The van der Waals surface area contributed by atoms with Crippen LogP contribution < -0.4 is 5.56 Å². The van der Waals surface area contributed by atoms with Crippen LogP contribution in [0.25, 0.3) is 11.0 Å². The van der Waals surface area contributed by atoms with E-state index in [2.05, 4.69) is 4.98 Å². The zero-order valence-electron chi connectivity index (χ0n) is 12.0. The fraction of sp³-hybridized carbons (Fsp3) is 0.333. The SMILES string of the molecule is CCn1c(=O)c(C(=O)N(C)CCC#N)cc2cccnc21. The average Bonchev–Trinajstić information content (AvgIpc) is 2.51. The Bertz CT molecular complexity index is 773. The van der Waals surface area contributed by atoms with E-state index >= 15 is 0 Å². The van der Waals surface area contributed by atoms with Gasteiger partial charge < -0.3 is 4.90 Å². The Morgan fingerprint density at radius 1 is 1.52 bits per heavy atom. The van der Waals surface area contributed by atoms with Gasteiger partial charge in [-0.05, 0) is 25.1 Å². The first-order valence-electron chi connectivity index (χ1n) is 6.71. The first kappa shape index (κ1) is 14.7. The Morgan fingerprint density at radius 3 is 2.95 bits per heavy atom. The molecule has 108 valence electrons. The normalized spacial score (nSPS) is 10.3. The molecule has 6 nitrogen and oxygen atoms in total. The number of nitriles is 1. The van der Waals surface area contributed by atoms with Crippen LogP contribution in [-0.2, 0) is 6.54 Å². The maximum atomic E-state index is 12.4. The lowest BCUT2D eigenvalue weighted by Gasteiger charge is -2.16. The highest BCUT2D eigenvalue weighted by atomic mass is 16.2. The van der Waals surface area contributed by atoms with Crippen molar-refractivity contribution < 1.29 is 4.79 Å². The number of nitrogens with zero attached hydrogens (tertiary/aromatic N) is 4. The third kappa shape index (κ3) is 2.77. The number of aryl methyl sites for hydroxylation is 1. The Labute approximate surface area is 122 Å². The van der Waals surface area contributed by atoms with E-state index in [1.165, 1.54) is 9.47 Å². The van der Waals surface area contributed by atoms with Gasteiger partial charge in [0, 0.05) is 31.7 Å². The lowest BCUT2D eigenvalue weighted by Crippen LogP contribution is -2.35. The molecule has 0 spiro atoms. The number of carbonyl (C=O) groups is 1. The van der Waals surface area contributed by atoms with Crippen LogP contribution in [0, 0.1) is 11.3 Å². The second-order valence-corrected chi connectivity index (χ2v) is 4.66. The number of fused-ring (bicyclic) bond motifs is 1. The van der Waals surface area contributed by atoms with Gasteiger partial charge in [-0.15, -0.1) is 0 Å². The van der Waals surface area contributed by atoms with Gasteiger partial charge in [0.15, 0.2) is 0 Å². The molecule has 2 aromatic rings. The van der Waals surface area contributed by atoms with Crippen LogP contribution in [0.3, 0.4) is 0 Å². The van der Waals surface area contributed by atoms with Gasteiger partial charge in [-0.3, -0.25) is 14.2 Å². The van der Waals surface area contributed by atoms with Crippen LogP contribution in [0.15, 0.2) is 29.2 Å². The van der Waals surface area contributed by atoms with Crippen molar-refractivity contribution in [3.8, 4) is 6.07 Å². The van der Waals surface area contributed by atoms with Gasteiger partial charge in [-0.25, -0.2) is 4.98 Å². The first-order chi connectivity index (χ1) is 10.1. The molecule has 2 heterocycles. The summed E-state index contributed by atoms with van der Waals surface area (Å²) in [7, 11) is 1.59. The molecule has 0 bridgehead atoms. The highest BCUT2D eigenvalue weighted by molar-refractivity contribution is 5.96. The van der Waals surface area contributed by atoms with E-state index in [4.69, 9.17) is 5.26 Å².